The summed E-state index contributed by atoms with van der Waals surface area (Å²) < 4.78 is 0. The zero-order chi connectivity index (χ0) is 10.3. The summed E-state index contributed by atoms with van der Waals surface area (Å²) in [6, 6.07) is 1.60. The van der Waals surface area contributed by atoms with E-state index in [0.29, 0.717) is 6.04 Å². The van der Waals surface area contributed by atoms with Crippen molar-refractivity contribution >= 4 is 0 Å². The van der Waals surface area contributed by atoms with E-state index in [4.69, 9.17) is 0 Å². The Labute approximate surface area is 92.7 Å². The van der Waals surface area contributed by atoms with Crippen molar-refractivity contribution in [3.63, 3.8) is 0 Å². The lowest BCUT2D eigenvalue weighted by atomic mass is 9.91. The zero-order valence-corrected chi connectivity index (χ0v) is 9.57. The van der Waals surface area contributed by atoms with Crippen molar-refractivity contribution in [3.05, 3.63) is 0 Å². The molecule has 2 heteroatoms. The van der Waals surface area contributed by atoms with Crippen molar-refractivity contribution in [2.24, 2.45) is 5.92 Å². The molecular weight excluding hydrogens is 186 g/mol. The molecule has 0 radical (unpaired) electrons. The van der Waals surface area contributed by atoms with Crippen LogP contribution in [0.3, 0.4) is 0 Å². The van der Waals surface area contributed by atoms with Crippen molar-refractivity contribution in [2.75, 3.05) is 6.54 Å². The van der Waals surface area contributed by atoms with Gasteiger partial charge >= 0.3 is 0 Å². The van der Waals surface area contributed by atoms with Crippen LogP contribution in [0.4, 0.5) is 0 Å². The highest BCUT2D eigenvalue weighted by Gasteiger charge is 2.38. The predicted molar refractivity (Wildman–Crippen MR) is 60.7 cm³/mol. The summed E-state index contributed by atoms with van der Waals surface area (Å²) in [7, 11) is 0. The van der Waals surface area contributed by atoms with E-state index < -0.39 is 0 Å². The number of hydrogen-bond donors (Lipinski definition) is 1. The summed E-state index contributed by atoms with van der Waals surface area (Å²) in [6.07, 6.45) is 10.4. The second-order valence-electron chi connectivity index (χ2n) is 5.85. The van der Waals surface area contributed by atoms with Gasteiger partial charge in [0.05, 0.1) is 6.10 Å². The molecule has 3 aliphatic carbocycles. The van der Waals surface area contributed by atoms with Gasteiger partial charge < -0.3 is 5.11 Å². The molecule has 0 saturated heterocycles. The van der Waals surface area contributed by atoms with Crippen molar-refractivity contribution in [2.45, 2.75) is 69.6 Å². The number of hydrogen-bond acceptors (Lipinski definition) is 2. The van der Waals surface area contributed by atoms with E-state index in [9.17, 15) is 5.11 Å². The summed E-state index contributed by atoms with van der Waals surface area (Å²) in [5.41, 5.74) is 0. The van der Waals surface area contributed by atoms with Gasteiger partial charge in [-0.15, -0.1) is 0 Å². The molecular formula is C13H23NO. The Morgan fingerprint density at radius 3 is 2.33 bits per heavy atom. The fourth-order valence-electron chi connectivity index (χ4n) is 3.04. The van der Waals surface area contributed by atoms with Crippen molar-refractivity contribution < 1.29 is 5.11 Å². The van der Waals surface area contributed by atoms with Crippen LogP contribution in [0.25, 0.3) is 0 Å². The molecule has 3 aliphatic rings. The second-order valence-corrected chi connectivity index (χ2v) is 5.85. The molecule has 0 aliphatic heterocycles. The molecule has 2 nitrogen and oxygen atoms in total. The lowest BCUT2D eigenvalue weighted by molar-refractivity contribution is 0.0555. The van der Waals surface area contributed by atoms with Gasteiger partial charge in [-0.3, -0.25) is 4.90 Å². The largest absolute Gasteiger partial charge is 0.393 e. The van der Waals surface area contributed by atoms with Crippen LogP contribution >= 0.6 is 0 Å². The number of aliphatic hydroxyl groups excluding tert-OH is 1. The van der Waals surface area contributed by atoms with E-state index >= 15 is 0 Å². The third kappa shape index (κ3) is 2.54. The van der Waals surface area contributed by atoms with Crippen LogP contribution in [-0.4, -0.2) is 34.7 Å². The van der Waals surface area contributed by atoms with Crippen LogP contribution < -0.4 is 0 Å². The molecule has 86 valence electrons. The molecule has 2 atom stereocenters. The quantitative estimate of drug-likeness (QED) is 0.767. The molecule has 0 spiro atoms. The van der Waals surface area contributed by atoms with E-state index in [1.165, 1.54) is 45.1 Å². The molecule has 2 unspecified atom stereocenters. The first-order valence-corrected chi connectivity index (χ1v) is 6.77. The molecule has 3 rings (SSSR count). The van der Waals surface area contributed by atoms with Gasteiger partial charge in [0.15, 0.2) is 0 Å². The average Bonchev–Trinajstić information content (AvgIpc) is 3.08. The molecule has 0 bridgehead atoms. The number of nitrogens with zero attached hydrogens (tertiary/aromatic N) is 1. The Morgan fingerprint density at radius 1 is 0.933 bits per heavy atom. The maximum absolute atomic E-state index is 9.75. The van der Waals surface area contributed by atoms with Crippen molar-refractivity contribution in [1.29, 1.82) is 0 Å². The van der Waals surface area contributed by atoms with E-state index in [1.54, 1.807) is 0 Å². The van der Waals surface area contributed by atoms with Crippen LogP contribution in [0.2, 0.25) is 0 Å². The fourth-order valence-corrected chi connectivity index (χ4v) is 3.04. The highest BCUT2D eigenvalue weighted by Crippen LogP contribution is 2.38. The molecule has 0 amide bonds. The van der Waals surface area contributed by atoms with Crippen molar-refractivity contribution in [3.8, 4) is 0 Å². The Balaban J connectivity index is 1.59. The summed E-state index contributed by atoms with van der Waals surface area (Å²) in [5.74, 6) is 1.00. The van der Waals surface area contributed by atoms with E-state index in [0.717, 1.165) is 24.8 Å². The number of aliphatic hydroxyl groups is 1. The maximum atomic E-state index is 9.75. The molecule has 3 saturated carbocycles. The highest BCUT2D eigenvalue weighted by molar-refractivity contribution is 4.93. The van der Waals surface area contributed by atoms with Crippen LogP contribution in [0.5, 0.6) is 0 Å². The van der Waals surface area contributed by atoms with Gasteiger partial charge in [-0.1, -0.05) is 0 Å². The van der Waals surface area contributed by atoms with Crippen LogP contribution in [0, 0.1) is 5.92 Å². The minimum Gasteiger partial charge on any atom is -0.393 e. The van der Waals surface area contributed by atoms with Crippen LogP contribution in [0.1, 0.15) is 51.4 Å². The predicted octanol–water partition coefficient (Wildman–Crippen LogP) is 2.16. The normalized spacial score (nSPS) is 37.2. The lowest BCUT2D eigenvalue weighted by Gasteiger charge is -2.36. The first-order valence-electron chi connectivity index (χ1n) is 6.77. The summed E-state index contributed by atoms with van der Waals surface area (Å²) in [4.78, 5) is 2.75. The van der Waals surface area contributed by atoms with Gasteiger partial charge in [0.25, 0.3) is 0 Å². The minimum atomic E-state index is -0.01000. The molecule has 1 N–H and O–H groups in total. The fraction of sp³-hybridized carbons (Fsp3) is 1.00. The third-order valence-corrected chi connectivity index (χ3v) is 4.27. The zero-order valence-electron chi connectivity index (χ0n) is 9.57. The van der Waals surface area contributed by atoms with Crippen molar-refractivity contribution in [1.82, 2.24) is 4.90 Å². The van der Waals surface area contributed by atoms with E-state index in [-0.39, 0.29) is 6.10 Å². The summed E-state index contributed by atoms with van der Waals surface area (Å²) in [5, 5.41) is 9.75. The van der Waals surface area contributed by atoms with Gasteiger partial charge in [0.2, 0.25) is 0 Å². The topological polar surface area (TPSA) is 23.5 Å². The summed E-state index contributed by atoms with van der Waals surface area (Å²) in [6.45, 7) is 1.34. The van der Waals surface area contributed by atoms with Gasteiger partial charge in [0.1, 0.15) is 0 Å². The standard InChI is InChI=1S/C13H23NO/c15-13-3-1-2-12(8-13)14(11-6-7-11)9-10-4-5-10/h10-13,15H,1-9H2. The smallest absolute Gasteiger partial charge is 0.0555 e. The average molecular weight is 209 g/mol. The SMILES string of the molecule is OC1CCCC(N(CC2CC2)C2CC2)C1. The Kier molecular flexibility index (Phi) is 2.73. The van der Waals surface area contributed by atoms with Gasteiger partial charge in [0, 0.05) is 18.6 Å². The third-order valence-electron chi connectivity index (χ3n) is 4.27. The summed E-state index contributed by atoms with van der Waals surface area (Å²) >= 11 is 0. The molecule has 0 heterocycles. The Morgan fingerprint density at radius 2 is 1.73 bits per heavy atom. The maximum Gasteiger partial charge on any atom is 0.0555 e. The number of rotatable bonds is 4. The van der Waals surface area contributed by atoms with Gasteiger partial charge in [-0.25, -0.2) is 0 Å². The molecule has 0 aromatic heterocycles. The molecule has 0 aromatic rings. The van der Waals surface area contributed by atoms with Crippen LogP contribution in [-0.2, 0) is 0 Å². The Bertz CT molecular complexity index is 223. The monoisotopic (exact) mass is 209 g/mol. The van der Waals surface area contributed by atoms with Gasteiger partial charge in [-0.05, 0) is 57.3 Å². The van der Waals surface area contributed by atoms with E-state index in [1.807, 2.05) is 0 Å². The second kappa shape index (κ2) is 4.06. The minimum absolute atomic E-state index is 0.01000. The molecule has 3 fully saturated rings. The first-order chi connectivity index (χ1) is 7.33. The molecule has 15 heavy (non-hydrogen) atoms. The lowest BCUT2D eigenvalue weighted by Crippen LogP contribution is -2.42. The first kappa shape index (κ1) is 10.1. The highest BCUT2D eigenvalue weighted by atomic mass is 16.3. The molecule has 0 aromatic carbocycles. The van der Waals surface area contributed by atoms with E-state index in [2.05, 4.69) is 4.90 Å². The van der Waals surface area contributed by atoms with Crippen LogP contribution in [0.15, 0.2) is 0 Å². The van der Waals surface area contributed by atoms with Gasteiger partial charge in [-0.2, -0.15) is 0 Å². The Hall–Kier alpha value is -0.0800.